The first kappa shape index (κ1) is 24.6. The van der Waals surface area contributed by atoms with Gasteiger partial charge < -0.3 is 19.5 Å². The smallest absolute Gasteiger partial charge is 0.254 e. The Bertz CT molecular complexity index is 1250. The lowest BCUT2D eigenvalue weighted by Gasteiger charge is -2.51. The van der Waals surface area contributed by atoms with E-state index in [-0.39, 0.29) is 24.3 Å². The molecule has 0 saturated carbocycles. The molecule has 0 radical (unpaired) electrons. The van der Waals surface area contributed by atoms with Crippen molar-refractivity contribution < 1.29 is 14.3 Å². The van der Waals surface area contributed by atoms with Gasteiger partial charge in [-0.2, -0.15) is 0 Å². The second kappa shape index (κ2) is 10.1. The number of ether oxygens (including phenoxy) is 1. The lowest BCUT2D eigenvalue weighted by atomic mass is 9.76. The molecule has 1 unspecified atom stereocenters. The van der Waals surface area contributed by atoms with Crippen molar-refractivity contribution in [2.75, 3.05) is 32.8 Å². The van der Waals surface area contributed by atoms with E-state index in [2.05, 4.69) is 55.2 Å². The fourth-order valence-corrected chi connectivity index (χ4v) is 5.85. The number of hydrogen-bond acceptors (Lipinski definition) is 3. The zero-order valence-electron chi connectivity index (χ0n) is 21.7. The molecule has 190 valence electrons. The fraction of sp³-hybridized carbons (Fsp3) is 0.467. The Morgan fingerprint density at radius 2 is 1.78 bits per heavy atom. The summed E-state index contributed by atoms with van der Waals surface area (Å²) in [5.41, 5.74) is 4.40. The number of unbranched alkanes of at least 4 members (excludes halogenated alkanes) is 1. The van der Waals surface area contributed by atoms with E-state index in [1.165, 1.54) is 11.1 Å². The first-order chi connectivity index (χ1) is 17.5. The minimum absolute atomic E-state index is 0.00323. The van der Waals surface area contributed by atoms with Crippen LogP contribution in [0.1, 0.15) is 68.3 Å². The molecule has 2 atom stereocenters. The van der Waals surface area contributed by atoms with Crippen LogP contribution in [0.4, 0.5) is 0 Å². The van der Waals surface area contributed by atoms with Crippen molar-refractivity contribution in [1.29, 1.82) is 0 Å². The van der Waals surface area contributed by atoms with Gasteiger partial charge in [-0.25, -0.2) is 0 Å². The molecule has 2 amide bonds. The molecule has 1 N–H and O–H groups in total. The van der Waals surface area contributed by atoms with Crippen LogP contribution in [0, 0.1) is 0 Å². The van der Waals surface area contributed by atoms with Gasteiger partial charge in [0.05, 0.1) is 12.2 Å². The van der Waals surface area contributed by atoms with E-state index in [1.807, 2.05) is 24.0 Å². The van der Waals surface area contributed by atoms with Crippen LogP contribution < -0.4 is 0 Å². The van der Waals surface area contributed by atoms with Gasteiger partial charge >= 0.3 is 0 Å². The van der Waals surface area contributed by atoms with Crippen molar-refractivity contribution in [3.05, 3.63) is 70.9 Å². The van der Waals surface area contributed by atoms with Crippen LogP contribution in [0.25, 0.3) is 10.9 Å². The Balaban J connectivity index is 1.51. The number of amides is 2. The molecule has 36 heavy (non-hydrogen) atoms. The number of fused-ring (bicyclic) bond motifs is 5. The highest BCUT2D eigenvalue weighted by atomic mass is 16.5. The Labute approximate surface area is 213 Å². The number of benzene rings is 2. The average molecular weight is 488 g/mol. The number of aromatic nitrogens is 1. The maximum atomic E-state index is 14.0. The number of para-hydroxylation sites is 1. The van der Waals surface area contributed by atoms with E-state index < -0.39 is 5.54 Å². The number of hydrogen-bond donors (Lipinski definition) is 1. The number of H-pyrrole nitrogens is 1. The Hall–Kier alpha value is -3.12. The summed E-state index contributed by atoms with van der Waals surface area (Å²) < 4.78 is 5.70. The summed E-state index contributed by atoms with van der Waals surface area (Å²) in [6.07, 6.45) is 3.86. The first-order valence-corrected chi connectivity index (χ1v) is 13.4. The van der Waals surface area contributed by atoms with E-state index in [1.54, 1.807) is 4.90 Å². The summed E-state index contributed by atoms with van der Waals surface area (Å²) in [5.74, 6) is -0.00266. The van der Waals surface area contributed by atoms with Gasteiger partial charge in [0.2, 0.25) is 5.91 Å². The number of aromatic amines is 1. The molecule has 1 aromatic heterocycles. The number of carbonyl (C=O) groups is 2. The van der Waals surface area contributed by atoms with E-state index in [4.69, 9.17) is 4.74 Å². The predicted molar refractivity (Wildman–Crippen MR) is 142 cm³/mol. The molecule has 1 saturated heterocycles. The molecule has 2 aliphatic rings. The number of nitrogens with zero attached hydrogens (tertiary/aromatic N) is 2. The van der Waals surface area contributed by atoms with Gasteiger partial charge in [-0.3, -0.25) is 9.59 Å². The van der Waals surface area contributed by atoms with Crippen LogP contribution in [-0.2, 0) is 26.3 Å². The van der Waals surface area contributed by atoms with Gasteiger partial charge in [0.15, 0.2) is 5.54 Å². The molecule has 3 heterocycles. The van der Waals surface area contributed by atoms with Crippen molar-refractivity contribution in [2.45, 2.75) is 57.9 Å². The highest BCUT2D eigenvalue weighted by Crippen LogP contribution is 2.48. The quantitative estimate of drug-likeness (QED) is 0.434. The Kier molecular flexibility index (Phi) is 6.89. The third-order valence-electron chi connectivity index (χ3n) is 7.97. The van der Waals surface area contributed by atoms with Gasteiger partial charge in [0.1, 0.15) is 0 Å². The summed E-state index contributed by atoms with van der Waals surface area (Å²) in [7, 11) is 0. The van der Waals surface area contributed by atoms with Crippen molar-refractivity contribution in [1.82, 2.24) is 14.8 Å². The summed E-state index contributed by atoms with van der Waals surface area (Å²) in [6, 6.07) is 16.9. The minimum Gasteiger partial charge on any atom is -0.381 e. The van der Waals surface area contributed by atoms with Crippen LogP contribution in [-0.4, -0.2) is 59.4 Å². The topological polar surface area (TPSA) is 65.6 Å². The fourth-order valence-electron chi connectivity index (χ4n) is 5.85. The van der Waals surface area contributed by atoms with Crippen LogP contribution in [0.2, 0.25) is 0 Å². The van der Waals surface area contributed by atoms with E-state index >= 15 is 0 Å². The normalized spacial score (nSPS) is 21.7. The maximum Gasteiger partial charge on any atom is 0.254 e. The molecular formula is C30H37N3O3. The maximum absolute atomic E-state index is 14.0. The molecule has 0 bridgehead atoms. The van der Waals surface area contributed by atoms with Gasteiger partial charge in [0, 0.05) is 43.1 Å². The number of aryl methyl sites for hydroxylation is 1. The van der Waals surface area contributed by atoms with Crippen LogP contribution in [0.3, 0.4) is 0 Å². The third-order valence-corrected chi connectivity index (χ3v) is 7.97. The molecule has 0 spiro atoms. The van der Waals surface area contributed by atoms with Gasteiger partial charge in [-0.05, 0) is 48.9 Å². The molecular weight excluding hydrogens is 450 g/mol. The van der Waals surface area contributed by atoms with Gasteiger partial charge in [0.25, 0.3) is 5.91 Å². The summed E-state index contributed by atoms with van der Waals surface area (Å²) >= 11 is 0. The van der Waals surface area contributed by atoms with E-state index in [0.717, 1.165) is 54.5 Å². The molecule has 6 nitrogen and oxygen atoms in total. The predicted octanol–water partition coefficient (Wildman–Crippen LogP) is 4.97. The first-order valence-electron chi connectivity index (χ1n) is 13.4. The van der Waals surface area contributed by atoms with E-state index in [9.17, 15) is 9.59 Å². The zero-order valence-corrected chi connectivity index (χ0v) is 21.7. The van der Waals surface area contributed by atoms with Crippen LogP contribution in [0.5, 0.6) is 0 Å². The minimum atomic E-state index is -1.05. The summed E-state index contributed by atoms with van der Waals surface area (Å²) in [4.78, 5) is 34.7. The molecule has 3 aromatic rings. The summed E-state index contributed by atoms with van der Waals surface area (Å²) in [6.45, 7) is 8.70. The van der Waals surface area contributed by atoms with Gasteiger partial charge in [-0.1, -0.05) is 62.7 Å². The summed E-state index contributed by atoms with van der Waals surface area (Å²) in [5, 5.41) is 1.12. The third kappa shape index (κ3) is 4.11. The van der Waals surface area contributed by atoms with Gasteiger partial charge in [-0.15, -0.1) is 0 Å². The monoisotopic (exact) mass is 487 g/mol. The Morgan fingerprint density at radius 3 is 2.53 bits per heavy atom. The SMILES string of the molecule is CCCCOCCCN1CC(=O)N2CC(c3ccc(CC)cc3)c3c([nH]c4ccccc34)[C@@]2(C)C1=O. The van der Waals surface area contributed by atoms with Crippen LogP contribution >= 0.6 is 0 Å². The van der Waals surface area contributed by atoms with Crippen molar-refractivity contribution in [3.63, 3.8) is 0 Å². The number of piperazine rings is 1. The largest absolute Gasteiger partial charge is 0.381 e. The second-order valence-electron chi connectivity index (χ2n) is 10.2. The van der Waals surface area contributed by atoms with Crippen LogP contribution in [0.15, 0.2) is 48.5 Å². The number of rotatable bonds is 9. The van der Waals surface area contributed by atoms with Crippen molar-refractivity contribution >= 4 is 22.7 Å². The molecule has 5 rings (SSSR count). The highest BCUT2D eigenvalue weighted by Gasteiger charge is 2.56. The van der Waals surface area contributed by atoms with Crippen molar-refractivity contribution in [2.24, 2.45) is 0 Å². The highest BCUT2D eigenvalue weighted by molar-refractivity contribution is 6.01. The average Bonchev–Trinajstić information content (AvgIpc) is 3.30. The molecule has 1 fully saturated rings. The number of nitrogens with one attached hydrogen (secondary N) is 1. The zero-order chi connectivity index (χ0) is 25.3. The standard InChI is InChI=1S/C30H37N3O3/c1-4-6-17-36-18-9-16-32-20-26(34)33-19-24(22-14-12-21(5-2)13-15-22)27-23-10-7-8-11-25(23)31-28(27)30(33,3)29(32)35/h7-8,10-15,24,31H,4-6,9,16-20H2,1-3H3/t24?,30-/m0/s1. The lowest BCUT2D eigenvalue weighted by Crippen LogP contribution is -2.67. The molecule has 0 aliphatic carbocycles. The number of carbonyl (C=O) groups excluding carboxylic acids is 2. The Morgan fingerprint density at radius 1 is 1.03 bits per heavy atom. The van der Waals surface area contributed by atoms with Crippen molar-refractivity contribution in [3.8, 4) is 0 Å². The lowest BCUT2D eigenvalue weighted by molar-refractivity contribution is -0.166. The second-order valence-corrected chi connectivity index (χ2v) is 10.2. The molecule has 2 aliphatic heterocycles. The molecule has 6 heteroatoms. The molecule has 2 aromatic carbocycles. The van der Waals surface area contributed by atoms with E-state index in [0.29, 0.717) is 19.7 Å².